The zero-order chi connectivity index (χ0) is 9.14. The van der Waals surface area contributed by atoms with Gasteiger partial charge in [-0.25, -0.2) is 9.78 Å². The largest absolute Gasteiger partial charge is 0.476 e. The summed E-state index contributed by atoms with van der Waals surface area (Å²) in [7, 11) is 3.30. The van der Waals surface area contributed by atoms with Crippen LogP contribution in [0.3, 0.4) is 0 Å². The summed E-state index contributed by atoms with van der Waals surface area (Å²) in [4.78, 5) is 18.3. The van der Waals surface area contributed by atoms with E-state index in [1.54, 1.807) is 14.9 Å². The lowest BCUT2D eigenvalue weighted by molar-refractivity contribution is 0.0691. The Hall–Kier alpha value is -1.59. The molecule has 0 unspecified atom stereocenters. The van der Waals surface area contributed by atoms with E-state index in [0.29, 0.717) is 5.59 Å². The number of carboxylic acids is 1. The molecule has 0 saturated carbocycles. The van der Waals surface area contributed by atoms with E-state index in [4.69, 9.17) is 5.11 Å². The number of nitrogens with zero attached hydrogens (tertiary/aromatic N) is 2. The van der Waals surface area contributed by atoms with Gasteiger partial charge in [-0.3, -0.25) is 4.98 Å². The maximum Gasteiger partial charge on any atom is 0.358 e. The second-order valence-electron chi connectivity index (χ2n) is 2.26. The molecule has 1 aromatic heterocycles. The highest BCUT2D eigenvalue weighted by atomic mass is 16.4. The Morgan fingerprint density at radius 3 is 2.92 bits per heavy atom. The standard InChI is InChI=1S/C6H8BN3O2/c1-8-5-4(6(11)12)10-3(7)2-9-5/h2H,7H2,1H3,(H,8,9)(H,11,12). The summed E-state index contributed by atoms with van der Waals surface area (Å²) in [6.45, 7) is 0. The smallest absolute Gasteiger partial charge is 0.358 e. The van der Waals surface area contributed by atoms with E-state index in [2.05, 4.69) is 15.3 Å². The van der Waals surface area contributed by atoms with Gasteiger partial charge in [-0.05, 0) is 0 Å². The van der Waals surface area contributed by atoms with Crippen LogP contribution in [0.15, 0.2) is 6.20 Å². The lowest BCUT2D eigenvalue weighted by atomic mass is 10.1. The van der Waals surface area contributed by atoms with Crippen LogP contribution in [-0.4, -0.2) is 35.9 Å². The molecule has 5 nitrogen and oxygen atoms in total. The Bertz CT molecular complexity index is 316. The van der Waals surface area contributed by atoms with E-state index >= 15 is 0 Å². The molecule has 0 fully saturated rings. The Kier molecular flexibility index (Phi) is 2.28. The predicted octanol–water partition coefficient (Wildman–Crippen LogP) is -1.53. The molecule has 1 heterocycles. The second kappa shape index (κ2) is 3.21. The first-order chi connectivity index (χ1) is 5.65. The lowest BCUT2D eigenvalue weighted by Crippen LogP contribution is -2.17. The number of hydrogen-bond donors (Lipinski definition) is 2. The summed E-state index contributed by atoms with van der Waals surface area (Å²) in [5.74, 6) is -0.788. The fraction of sp³-hybridized carbons (Fsp3) is 0.167. The molecular formula is C6H8BN3O2. The maximum absolute atomic E-state index is 10.6. The van der Waals surface area contributed by atoms with Crippen LogP contribution in [0, 0.1) is 0 Å². The van der Waals surface area contributed by atoms with Crippen LogP contribution < -0.4 is 10.9 Å². The highest BCUT2D eigenvalue weighted by Gasteiger charge is 2.11. The number of hydrogen-bond acceptors (Lipinski definition) is 4. The zero-order valence-electron chi connectivity index (χ0n) is 6.83. The van der Waals surface area contributed by atoms with Gasteiger partial charge in [-0.1, -0.05) is 0 Å². The van der Waals surface area contributed by atoms with E-state index < -0.39 is 5.97 Å². The molecule has 2 N–H and O–H groups in total. The van der Waals surface area contributed by atoms with Crippen LogP contribution >= 0.6 is 0 Å². The van der Waals surface area contributed by atoms with Crippen molar-refractivity contribution in [3.05, 3.63) is 11.9 Å². The van der Waals surface area contributed by atoms with E-state index in [1.165, 1.54) is 6.20 Å². The van der Waals surface area contributed by atoms with Gasteiger partial charge in [0.05, 0.1) is 0 Å². The van der Waals surface area contributed by atoms with Gasteiger partial charge in [-0.15, -0.1) is 0 Å². The van der Waals surface area contributed by atoms with E-state index in [-0.39, 0.29) is 11.5 Å². The van der Waals surface area contributed by atoms with Crippen molar-refractivity contribution in [2.24, 2.45) is 0 Å². The minimum absolute atomic E-state index is 0.0440. The van der Waals surface area contributed by atoms with Crippen molar-refractivity contribution in [2.45, 2.75) is 0 Å². The quantitative estimate of drug-likeness (QED) is 0.520. The molecule has 12 heavy (non-hydrogen) atoms. The van der Waals surface area contributed by atoms with Crippen molar-refractivity contribution in [3.8, 4) is 0 Å². The molecule has 0 aliphatic heterocycles. The van der Waals surface area contributed by atoms with Crippen LogP contribution in [0.4, 0.5) is 5.82 Å². The third kappa shape index (κ3) is 1.53. The Morgan fingerprint density at radius 1 is 1.75 bits per heavy atom. The van der Waals surface area contributed by atoms with Crippen molar-refractivity contribution < 1.29 is 9.90 Å². The summed E-state index contributed by atoms with van der Waals surface area (Å²) < 4.78 is 0. The normalized spacial score (nSPS) is 9.42. The Labute approximate surface area is 70.3 Å². The topological polar surface area (TPSA) is 75.1 Å². The van der Waals surface area contributed by atoms with Crippen molar-refractivity contribution in [2.75, 3.05) is 12.4 Å². The molecule has 62 valence electrons. The fourth-order valence-corrected chi connectivity index (χ4v) is 0.809. The molecule has 1 rings (SSSR count). The minimum Gasteiger partial charge on any atom is -0.476 e. The van der Waals surface area contributed by atoms with E-state index in [0.717, 1.165) is 0 Å². The number of aromatic nitrogens is 2. The highest BCUT2D eigenvalue weighted by molar-refractivity contribution is 6.30. The van der Waals surface area contributed by atoms with Crippen molar-refractivity contribution in [1.29, 1.82) is 0 Å². The van der Waals surface area contributed by atoms with Gasteiger partial charge in [0.2, 0.25) is 0 Å². The number of anilines is 1. The van der Waals surface area contributed by atoms with Crippen LogP contribution in [0.5, 0.6) is 0 Å². The van der Waals surface area contributed by atoms with Gasteiger partial charge in [0.15, 0.2) is 19.4 Å². The summed E-state index contributed by atoms with van der Waals surface area (Å²) >= 11 is 0. The monoisotopic (exact) mass is 165 g/mol. The molecule has 0 aliphatic rings. The van der Waals surface area contributed by atoms with Gasteiger partial charge < -0.3 is 10.4 Å². The summed E-state index contributed by atoms with van der Waals surface area (Å²) in [6, 6.07) is 0. The molecule has 0 aromatic carbocycles. The van der Waals surface area contributed by atoms with E-state index in [1.807, 2.05) is 0 Å². The van der Waals surface area contributed by atoms with Crippen molar-refractivity contribution in [3.63, 3.8) is 0 Å². The molecule has 0 saturated heterocycles. The Morgan fingerprint density at radius 2 is 2.42 bits per heavy atom. The molecule has 0 atom stereocenters. The highest BCUT2D eigenvalue weighted by Crippen LogP contribution is 2.04. The summed E-state index contributed by atoms with van der Waals surface area (Å²) in [5, 5.41) is 11.3. The third-order valence-electron chi connectivity index (χ3n) is 1.33. The fourth-order valence-electron chi connectivity index (χ4n) is 0.809. The van der Waals surface area contributed by atoms with Gasteiger partial charge in [0.1, 0.15) is 0 Å². The summed E-state index contributed by atoms with van der Waals surface area (Å²) in [5.41, 5.74) is 0.545. The van der Waals surface area contributed by atoms with Crippen molar-refractivity contribution in [1.82, 2.24) is 9.97 Å². The first-order valence-electron chi connectivity index (χ1n) is 3.40. The van der Waals surface area contributed by atoms with Gasteiger partial charge in [-0.2, -0.15) is 0 Å². The number of carbonyl (C=O) groups is 1. The molecule has 0 amide bonds. The zero-order valence-corrected chi connectivity index (χ0v) is 6.83. The number of carboxylic acid groups (broad SMARTS) is 1. The average molecular weight is 165 g/mol. The SMILES string of the molecule is Bc1cnc(NC)c(C(=O)O)n1. The minimum atomic E-state index is -1.07. The molecule has 0 spiro atoms. The maximum atomic E-state index is 10.6. The number of aromatic carboxylic acids is 1. The second-order valence-corrected chi connectivity index (χ2v) is 2.26. The van der Waals surface area contributed by atoms with E-state index in [9.17, 15) is 4.79 Å². The van der Waals surface area contributed by atoms with Gasteiger partial charge >= 0.3 is 5.97 Å². The lowest BCUT2D eigenvalue weighted by Gasteiger charge is -2.02. The molecule has 6 heteroatoms. The number of rotatable bonds is 2. The predicted molar refractivity (Wildman–Crippen MR) is 46.7 cm³/mol. The Balaban J connectivity index is 3.21. The van der Waals surface area contributed by atoms with Crippen molar-refractivity contribution >= 4 is 25.2 Å². The number of nitrogens with one attached hydrogen (secondary N) is 1. The average Bonchev–Trinajstić information content (AvgIpc) is 2.04. The van der Waals surface area contributed by atoms with Gasteiger partial charge in [0, 0.05) is 18.8 Å². The first-order valence-corrected chi connectivity index (χ1v) is 3.40. The molecular weight excluding hydrogens is 157 g/mol. The summed E-state index contributed by atoms with van der Waals surface area (Å²) in [6.07, 6.45) is 1.51. The first kappa shape index (κ1) is 8.51. The van der Waals surface area contributed by atoms with Crippen LogP contribution in [0.1, 0.15) is 10.5 Å². The molecule has 1 aromatic rings. The molecule has 0 radical (unpaired) electrons. The van der Waals surface area contributed by atoms with Crippen LogP contribution in [0.25, 0.3) is 0 Å². The van der Waals surface area contributed by atoms with Crippen LogP contribution in [-0.2, 0) is 0 Å². The molecule has 0 bridgehead atoms. The van der Waals surface area contributed by atoms with Crippen LogP contribution in [0.2, 0.25) is 0 Å². The third-order valence-corrected chi connectivity index (χ3v) is 1.33. The molecule has 0 aliphatic carbocycles. The van der Waals surface area contributed by atoms with Gasteiger partial charge in [0.25, 0.3) is 0 Å².